The molecule has 3 heterocycles. The number of amides is 1. The first-order valence-corrected chi connectivity index (χ1v) is 12.4. The zero-order valence-electron chi connectivity index (χ0n) is 20.7. The quantitative estimate of drug-likeness (QED) is 0.400. The van der Waals surface area contributed by atoms with E-state index in [1.54, 1.807) is 13.3 Å². The van der Waals surface area contributed by atoms with Crippen LogP contribution < -0.4 is 19.7 Å². The first-order valence-electron chi connectivity index (χ1n) is 12.4. The third kappa shape index (κ3) is 4.98. The molecule has 0 radical (unpaired) electrons. The number of hydrogen-bond acceptors (Lipinski definition) is 6. The molecule has 2 aromatic carbocycles. The molecule has 1 fully saturated rings. The van der Waals surface area contributed by atoms with Crippen LogP contribution in [-0.4, -0.2) is 47.3 Å². The molecule has 0 unspecified atom stereocenters. The van der Waals surface area contributed by atoms with E-state index in [4.69, 9.17) is 14.6 Å². The number of anilines is 1. The molecule has 1 aliphatic heterocycles. The minimum absolute atomic E-state index is 0.0162. The normalized spacial score (nSPS) is 14.1. The van der Waals surface area contributed by atoms with Crippen LogP contribution in [0.1, 0.15) is 25.3 Å². The third-order valence-corrected chi connectivity index (χ3v) is 6.63. The summed E-state index contributed by atoms with van der Waals surface area (Å²) >= 11 is 0. The zero-order valence-corrected chi connectivity index (χ0v) is 20.7. The Labute approximate surface area is 210 Å². The molecule has 8 heteroatoms. The first-order chi connectivity index (χ1) is 17.7. The summed E-state index contributed by atoms with van der Waals surface area (Å²) in [6.45, 7) is 4.56. The highest BCUT2D eigenvalue weighted by Gasteiger charge is 2.27. The molecular weight excluding hydrogens is 454 g/mol. The molecule has 0 atom stereocenters. The molecule has 1 aliphatic rings. The van der Waals surface area contributed by atoms with Crippen LogP contribution in [0, 0.1) is 5.92 Å². The fourth-order valence-electron chi connectivity index (χ4n) is 4.70. The Kier molecular flexibility index (Phi) is 7.02. The van der Waals surface area contributed by atoms with Crippen LogP contribution in [0.25, 0.3) is 16.8 Å². The van der Waals surface area contributed by atoms with E-state index >= 15 is 0 Å². The van der Waals surface area contributed by atoms with Gasteiger partial charge in [-0.15, -0.1) is 0 Å². The smallest absolute Gasteiger partial charge is 0.223 e. The van der Waals surface area contributed by atoms with Crippen LogP contribution in [0.4, 0.5) is 5.82 Å². The van der Waals surface area contributed by atoms with Crippen molar-refractivity contribution in [3.63, 3.8) is 0 Å². The molecule has 0 aliphatic carbocycles. The number of benzene rings is 2. The Morgan fingerprint density at radius 2 is 1.94 bits per heavy atom. The second-order valence-electron chi connectivity index (χ2n) is 8.86. The van der Waals surface area contributed by atoms with Gasteiger partial charge in [0, 0.05) is 49.1 Å². The van der Waals surface area contributed by atoms with Crippen molar-refractivity contribution in [2.24, 2.45) is 5.92 Å². The highest BCUT2D eigenvalue weighted by Crippen LogP contribution is 2.29. The minimum Gasteiger partial charge on any atom is -0.497 e. The molecule has 5 rings (SSSR count). The van der Waals surface area contributed by atoms with Crippen molar-refractivity contribution >= 4 is 17.2 Å². The molecule has 1 saturated heterocycles. The van der Waals surface area contributed by atoms with Gasteiger partial charge in [-0.3, -0.25) is 4.79 Å². The van der Waals surface area contributed by atoms with Crippen LogP contribution in [-0.2, 0) is 11.3 Å². The summed E-state index contributed by atoms with van der Waals surface area (Å²) in [5.74, 6) is 2.59. The first kappa shape index (κ1) is 23.7. The van der Waals surface area contributed by atoms with E-state index in [-0.39, 0.29) is 11.8 Å². The van der Waals surface area contributed by atoms with Gasteiger partial charge in [-0.25, -0.2) is 9.50 Å². The largest absolute Gasteiger partial charge is 0.497 e. The molecule has 0 spiro atoms. The van der Waals surface area contributed by atoms with E-state index in [1.165, 1.54) is 0 Å². The molecule has 1 N–H and O–H groups in total. The Balaban J connectivity index is 1.24. The maximum absolute atomic E-state index is 12.9. The van der Waals surface area contributed by atoms with Crippen LogP contribution in [0.3, 0.4) is 0 Å². The lowest BCUT2D eigenvalue weighted by Gasteiger charge is -2.32. The van der Waals surface area contributed by atoms with Gasteiger partial charge < -0.3 is 19.7 Å². The van der Waals surface area contributed by atoms with Gasteiger partial charge in [0.25, 0.3) is 0 Å². The Morgan fingerprint density at radius 1 is 1.11 bits per heavy atom. The van der Waals surface area contributed by atoms with Crippen LogP contribution in [0.5, 0.6) is 11.5 Å². The second-order valence-corrected chi connectivity index (χ2v) is 8.86. The van der Waals surface area contributed by atoms with Crippen molar-refractivity contribution in [3.05, 3.63) is 72.6 Å². The van der Waals surface area contributed by atoms with Gasteiger partial charge in [0.05, 0.1) is 19.4 Å². The molecule has 0 saturated carbocycles. The number of para-hydroxylation sites is 1. The van der Waals surface area contributed by atoms with Crippen LogP contribution in [0.15, 0.2) is 67.0 Å². The van der Waals surface area contributed by atoms with E-state index < -0.39 is 0 Å². The van der Waals surface area contributed by atoms with Crippen molar-refractivity contribution in [1.82, 2.24) is 19.9 Å². The predicted molar refractivity (Wildman–Crippen MR) is 139 cm³/mol. The number of methoxy groups -OCH3 is 1. The van der Waals surface area contributed by atoms with Gasteiger partial charge in [0.1, 0.15) is 17.0 Å². The van der Waals surface area contributed by atoms with Gasteiger partial charge in [0.15, 0.2) is 5.82 Å². The summed E-state index contributed by atoms with van der Waals surface area (Å²) in [6.07, 6.45) is 5.19. The number of aromatic nitrogens is 3. The summed E-state index contributed by atoms with van der Waals surface area (Å²) < 4.78 is 12.9. The molecule has 0 bridgehead atoms. The summed E-state index contributed by atoms with van der Waals surface area (Å²) in [7, 11) is 1.66. The molecule has 4 aromatic rings. The van der Waals surface area contributed by atoms with Crippen molar-refractivity contribution in [3.8, 4) is 22.8 Å². The number of nitrogens with zero attached hydrogens (tertiary/aromatic N) is 4. The third-order valence-electron chi connectivity index (χ3n) is 6.63. The fourth-order valence-corrected chi connectivity index (χ4v) is 4.70. The van der Waals surface area contributed by atoms with Crippen LogP contribution in [0.2, 0.25) is 0 Å². The Morgan fingerprint density at radius 3 is 2.75 bits per heavy atom. The zero-order chi connectivity index (χ0) is 24.9. The van der Waals surface area contributed by atoms with E-state index in [0.717, 1.165) is 65.6 Å². The lowest BCUT2D eigenvalue weighted by atomic mass is 9.95. The SMILES string of the molecule is CCOc1ccccc1CNC(=O)C1CCN(c2nccn3nc(-c4cccc(OC)c4)cc23)CC1. The van der Waals surface area contributed by atoms with Crippen molar-refractivity contribution in [1.29, 1.82) is 0 Å². The maximum Gasteiger partial charge on any atom is 0.223 e. The fraction of sp³-hybridized carbons (Fsp3) is 0.321. The van der Waals surface area contributed by atoms with Gasteiger partial charge >= 0.3 is 0 Å². The number of rotatable bonds is 8. The number of ether oxygens (including phenoxy) is 2. The summed E-state index contributed by atoms with van der Waals surface area (Å²) in [5, 5.41) is 7.86. The average molecular weight is 486 g/mol. The van der Waals surface area contributed by atoms with E-state index in [1.807, 2.05) is 66.2 Å². The summed E-state index contributed by atoms with van der Waals surface area (Å²) in [4.78, 5) is 19.8. The van der Waals surface area contributed by atoms with Crippen molar-refractivity contribution in [2.75, 3.05) is 31.7 Å². The lowest BCUT2D eigenvalue weighted by Crippen LogP contribution is -2.40. The standard InChI is InChI=1S/C28H31N5O3/c1-3-36-26-10-5-4-7-22(26)19-30-28(34)20-11-14-32(15-12-20)27-25-18-24(31-33(25)16-13-29-27)21-8-6-9-23(17-21)35-2/h4-10,13,16-18,20H,3,11-12,14-15,19H2,1-2H3,(H,30,34). The molecule has 2 aromatic heterocycles. The topological polar surface area (TPSA) is 81.0 Å². The highest BCUT2D eigenvalue weighted by atomic mass is 16.5. The summed E-state index contributed by atoms with van der Waals surface area (Å²) in [6, 6.07) is 17.8. The molecular formula is C28H31N5O3. The van der Waals surface area contributed by atoms with Gasteiger partial charge in [-0.2, -0.15) is 5.10 Å². The molecule has 36 heavy (non-hydrogen) atoms. The number of carbonyl (C=O) groups is 1. The molecule has 8 nitrogen and oxygen atoms in total. The van der Waals surface area contributed by atoms with E-state index in [2.05, 4.69) is 21.3 Å². The number of fused-ring (bicyclic) bond motifs is 1. The van der Waals surface area contributed by atoms with E-state index in [0.29, 0.717) is 13.2 Å². The van der Waals surface area contributed by atoms with Crippen molar-refractivity contribution in [2.45, 2.75) is 26.3 Å². The number of nitrogens with one attached hydrogen (secondary N) is 1. The molecule has 186 valence electrons. The number of hydrogen-bond donors (Lipinski definition) is 1. The predicted octanol–water partition coefficient (Wildman–Crippen LogP) is 4.34. The lowest BCUT2D eigenvalue weighted by molar-refractivity contribution is -0.125. The minimum atomic E-state index is -0.0162. The van der Waals surface area contributed by atoms with Gasteiger partial charge in [-0.05, 0) is 44.0 Å². The molecule has 1 amide bonds. The monoisotopic (exact) mass is 485 g/mol. The Hall–Kier alpha value is -4.07. The van der Waals surface area contributed by atoms with Gasteiger partial charge in [0.2, 0.25) is 5.91 Å². The highest BCUT2D eigenvalue weighted by molar-refractivity contribution is 5.80. The summed E-state index contributed by atoms with van der Waals surface area (Å²) in [5.41, 5.74) is 3.80. The average Bonchev–Trinajstić information content (AvgIpc) is 3.37. The maximum atomic E-state index is 12.9. The van der Waals surface area contributed by atoms with Crippen LogP contribution >= 0.6 is 0 Å². The Bertz CT molecular complexity index is 1340. The second kappa shape index (κ2) is 10.7. The number of piperidine rings is 1. The van der Waals surface area contributed by atoms with Crippen molar-refractivity contribution < 1.29 is 14.3 Å². The van der Waals surface area contributed by atoms with E-state index in [9.17, 15) is 4.79 Å². The number of carbonyl (C=O) groups excluding carboxylic acids is 1. The van der Waals surface area contributed by atoms with Gasteiger partial charge in [-0.1, -0.05) is 30.3 Å².